The maximum atomic E-state index is 13.9. The van der Waals surface area contributed by atoms with Gasteiger partial charge in [-0.15, -0.1) is 11.3 Å². The third kappa shape index (κ3) is 7.91. The van der Waals surface area contributed by atoms with Gasteiger partial charge in [-0.05, 0) is 48.3 Å². The molecule has 2 aromatic carbocycles. The number of fused-ring (bicyclic) bond motifs is 1. The SMILES string of the molecule is CC(=O)N[C@@H](C(=O)N1CCCC1c1ncc(-c2cn3cc(-c4ccc(-c5cnc([C@@H]6CCCN6C(=O)[C@@H](NC(=O)CO)C(C)C)[nH]5)cc4)sc3n2)s1)c1ccccc1. The molecule has 16 heteroatoms. The molecule has 14 nitrogen and oxygen atoms in total. The smallest absolute Gasteiger partial charge is 0.250 e. The summed E-state index contributed by atoms with van der Waals surface area (Å²) in [5.74, 6) is -0.561. The van der Waals surface area contributed by atoms with E-state index in [-0.39, 0.29) is 35.7 Å². The lowest BCUT2D eigenvalue weighted by Crippen LogP contribution is -2.51. The molecule has 1 unspecified atom stereocenters. The number of imidazole rings is 2. The first-order chi connectivity index (χ1) is 28.1. The van der Waals surface area contributed by atoms with Crippen LogP contribution < -0.4 is 10.6 Å². The molecule has 8 rings (SSSR count). The van der Waals surface area contributed by atoms with Crippen LogP contribution in [0, 0.1) is 5.92 Å². The number of rotatable bonds is 12. The van der Waals surface area contributed by atoms with Crippen molar-refractivity contribution >= 4 is 51.3 Å². The van der Waals surface area contributed by atoms with Crippen LogP contribution in [-0.2, 0) is 19.2 Å². The predicted molar refractivity (Wildman–Crippen MR) is 221 cm³/mol. The van der Waals surface area contributed by atoms with Gasteiger partial charge in [0, 0.05) is 38.6 Å². The standard InChI is InChI=1S/C42H45N9O5S2/c1-24(2)36(48-35(54)23-52)40(55)50-17-7-11-31(50)38-43-19-29(46-38)26-13-15-27(16-14-26)34-22-49-21-30(47-42(49)58-34)33-20-44-39(57-33)32-12-8-18-51(32)41(56)37(45-25(3)53)28-9-5-4-6-10-28/h4-6,9-10,13-16,19-22,24,31-32,36-37,52H,7-8,11-12,17-18,23H2,1-3H3,(H,43,46)(H,45,53)(H,48,54)/t31-,32?,36-,37+/m0/s1. The number of hydrogen-bond donors (Lipinski definition) is 4. The Bertz CT molecular complexity index is 2410. The number of nitrogens with one attached hydrogen (secondary N) is 3. The Morgan fingerprint density at radius 3 is 2.24 bits per heavy atom. The van der Waals surface area contributed by atoms with E-state index >= 15 is 0 Å². The number of nitrogens with zero attached hydrogens (tertiary/aromatic N) is 6. The van der Waals surface area contributed by atoms with E-state index in [4.69, 9.17) is 9.97 Å². The fraction of sp³-hybridized carbons (Fsp3) is 0.357. The second-order valence-electron chi connectivity index (χ2n) is 15.1. The Hall–Kier alpha value is -5.71. The summed E-state index contributed by atoms with van der Waals surface area (Å²) in [5, 5.41) is 15.6. The van der Waals surface area contributed by atoms with E-state index in [0.29, 0.717) is 18.9 Å². The predicted octanol–water partition coefficient (Wildman–Crippen LogP) is 5.91. The number of aliphatic hydroxyl groups is 1. The lowest BCUT2D eigenvalue weighted by molar-refractivity contribution is -0.139. The summed E-state index contributed by atoms with van der Waals surface area (Å²) in [7, 11) is 0. The first-order valence-corrected chi connectivity index (χ1v) is 21.1. The zero-order valence-electron chi connectivity index (χ0n) is 32.4. The minimum atomic E-state index is -0.755. The first kappa shape index (κ1) is 39.1. The van der Waals surface area contributed by atoms with E-state index in [1.54, 1.807) is 33.8 Å². The van der Waals surface area contributed by atoms with Gasteiger partial charge in [-0.1, -0.05) is 79.8 Å². The molecule has 4 aromatic heterocycles. The summed E-state index contributed by atoms with van der Waals surface area (Å²) in [4.78, 5) is 75.7. The number of amides is 4. The zero-order chi connectivity index (χ0) is 40.5. The Balaban J connectivity index is 0.937. The van der Waals surface area contributed by atoms with Crippen LogP contribution in [0.2, 0.25) is 0 Å². The quantitative estimate of drug-likeness (QED) is 0.118. The second-order valence-corrected chi connectivity index (χ2v) is 17.2. The van der Waals surface area contributed by atoms with Crippen LogP contribution >= 0.6 is 22.7 Å². The van der Waals surface area contributed by atoms with Crippen LogP contribution in [0.1, 0.15) is 81.0 Å². The highest BCUT2D eigenvalue weighted by molar-refractivity contribution is 7.20. The fourth-order valence-electron chi connectivity index (χ4n) is 7.89. The van der Waals surface area contributed by atoms with Crippen molar-refractivity contribution in [3.63, 3.8) is 0 Å². The van der Waals surface area contributed by atoms with Crippen LogP contribution in [0.4, 0.5) is 0 Å². The van der Waals surface area contributed by atoms with Gasteiger partial charge < -0.3 is 30.5 Å². The summed E-state index contributed by atoms with van der Waals surface area (Å²) < 4.78 is 2.03. The Kier molecular flexibility index (Phi) is 11.2. The third-order valence-electron chi connectivity index (χ3n) is 10.8. The van der Waals surface area contributed by atoms with Crippen LogP contribution in [0.25, 0.3) is 37.2 Å². The molecule has 4 N–H and O–H groups in total. The maximum Gasteiger partial charge on any atom is 0.250 e. The van der Waals surface area contributed by atoms with Crippen molar-refractivity contribution in [3.8, 4) is 32.3 Å². The van der Waals surface area contributed by atoms with Gasteiger partial charge >= 0.3 is 0 Å². The van der Waals surface area contributed by atoms with Crippen molar-refractivity contribution in [3.05, 3.63) is 95.8 Å². The van der Waals surface area contributed by atoms with Crippen molar-refractivity contribution in [1.82, 2.24) is 44.8 Å². The van der Waals surface area contributed by atoms with Crippen molar-refractivity contribution in [2.45, 2.75) is 70.6 Å². The minimum Gasteiger partial charge on any atom is -0.387 e. The number of aromatic nitrogens is 5. The van der Waals surface area contributed by atoms with Crippen LogP contribution in [0.5, 0.6) is 0 Å². The highest BCUT2D eigenvalue weighted by Gasteiger charge is 2.38. The second kappa shape index (κ2) is 16.6. The summed E-state index contributed by atoms with van der Waals surface area (Å²) in [6, 6.07) is 15.7. The topological polar surface area (TPSA) is 178 Å². The first-order valence-electron chi connectivity index (χ1n) is 19.5. The monoisotopic (exact) mass is 819 g/mol. The van der Waals surface area contributed by atoms with E-state index in [1.807, 2.05) is 78.0 Å². The molecule has 4 amide bonds. The van der Waals surface area contributed by atoms with Crippen LogP contribution in [0.15, 0.2) is 79.4 Å². The molecule has 2 aliphatic heterocycles. The average Bonchev–Trinajstić information content (AvgIpc) is 4.08. The highest BCUT2D eigenvalue weighted by atomic mass is 32.1. The molecule has 300 valence electrons. The molecule has 6 heterocycles. The number of carbonyl (C=O) groups is 4. The molecule has 2 saturated heterocycles. The zero-order valence-corrected chi connectivity index (χ0v) is 34.1. The largest absolute Gasteiger partial charge is 0.387 e. The summed E-state index contributed by atoms with van der Waals surface area (Å²) in [6.07, 6.45) is 11.0. The number of thiazole rings is 2. The number of aliphatic hydroxyl groups excluding tert-OH is 1. The van der Waals surface area contributed by atoms with E-state index in [0.717, 1.165) is 73.5 Å². The van der Waals surface area contributed by atoms with Crippen LogP contribution in [-0.4, -0.2) is 88.6 Å². The molecular formula is C42H45N9O5S2. The molecule has 4 atom stereocenters. The number of likely N-dealkylation sites (tertiary alicyclic amines) is 2. The van der Waals surface area contributed by atoms with Gasteiger partial charge in [-0.3, -0.25) is 23.6 Å². The normalized spacial score (nSPS) is 17.9. The average molecular weight is 820 g/mol. The van der Waals surface area contributed by atoms with Crippen LogP contribution in [0.3, 0.4) is 0 Å². The summed E-state index contributed by atoms with van der Waals surface area (Å²) >= 11 is 3.14. The molecule has 2 aliphatic rings. The lowest BCUT2D eigenvalue weighted by Gasteiger charge is -2.30. The summed E-state index contributed by atoms with van der Waals surface area (Å²) in [6.45, 7) is 5.69. The van der Waals surface area contributed by atoms with Gasteiger partial charge in [0.15, 0.2) is 4.96 Å². The number of H-pyrrole nitrogens is 1. The van der Waals surface area contributed by atoms with Gasteiger partial charge in [0.1, 0.15) is 35.2 Å². The van der Waals surface area contributed by atoms with Gasteiger partial charge in [0.25, 0.3) is 0 Å². The number of benzene rings is 2. The van der Waals surface area contributed by atoms with E-state index in [2.05, 4.69) is 38.9 Å². The van der Waals surface area contributed by atoms with Gasteiger partial charge in [-0.2, -0.15) is 0 Å². The fourth-order valence-corrected chi connectivity index (χ4v) is 9.88. The number of aromatic amines is 1. The van der Waals surface area contributed by atoms with E-state index in [1.165, 1.54) is 6.92 Å². The highest BCUT2D eigenvalue weighted by Crippen LogP contribution is 2.40. The number of carbonyl (C=O) groups excluding carboxylic acids is 4. The molecule has 6 aromatic rings. The van der Waals surface area contributed by atoms with Crippen molar-refractivity contribution in [1.29, 1.82) is 0 Å². The molecule has 0 saturated carbocycles. The maximum absolute atomic E-state index is 13.9. The number of hydrogen-bond acceptors (Lipinski definition) is 10. The van der Waals surface area contributed by atoms with Gasteiger partial charge in [0.2, 0.25) is 23.6 Å². The van der Waals surface area contributed by atoms with E-state index < -0.39 is 24.6 Å². The molecule has 0 aliphatic carbocycles. The minimum absolute atomic E-state index is 0.133. The third-order valence-corrected chi connectivity index (χ3v) is 13.0. The Morgan fingerprint density at radius 1 is 0.845 bits per heavy atom. The van der Waals surface area contributed by atoms with Gasteiger partial charge in [-0.25, -0.2) is 15.0 Å². The van der Waals surface area contributed by atoms with Crippen molar-refractivity contribution < 1.29 is 24.3 Å². The summed E-state index contributed by atoms with van der Waals surface area (Å²) in [5.41, 5.74) is 4.43. The van der Waals surface area contributed by atoms with Gasteiger partial charge in [0.05, 0.1) is 33.7 Å². The Morgan fingerprint density at radius 2 is 1.55 bits per heavy atom. The molecular weight excluding hydrogens is 775 g/mol. The van der Waals surface area contributed by atoms with E-state index in [9.17, 15) is 24.3 Å². The Labute approximate surface area is 343 Å². The molecule has 0 radical (unpaired) electrons. The van der Waals surface area contributed by atoms with Crippen molar-refractivity contribution in [2.24, 2.45) is 5.92 Å². The molecule has 0 bridgehead atoms. The molecule has 2 fully saturated rings. The molecule has 0 spiro atoms. The molecule has 58 heavy (non-hydrogen) atoms. The van der Waals surface area contributed by atoms with Crippen molar-refractivity contribution in [2.75, 3.05) is 19.7 Å². The lowest BCUT2D eigenvalue weighted by atomic mass is 10.0.